The summed E-state index contributed by atoms with van der Waals surface area (Å²) in [5, 5.41) is 11.4. The van der Waals surface area contributed by atoms with E-state index in [1.165, 1.54) is 11.8 Å². The average molecular weight is 473 g/mol. The number of thioether (sulfide) groups is 1. The fourth-order valence-electron chi connectivity index (χ4n) is 4.01. The van der Waals surface area contributed by atoms with Gasteiger partial charge in [0.2, 0.25) is 0 Å². The van der Waals surface area contributed by atoms with Gasteiger partial charge in [-0.25, -0.2) is 5.01 Å². The Morgan fingerprint density at radius 3 is 2.62 bits per heavy atom. The van der Waals surface area contributed by atoms with E-state index in [1.807, 2.05) is 79.7 Å². The van der Waals surface area contributed by atoms with Crippen molar-refractivity contribution in [1.82, 2.24) is 10.3 Å². The van der Waals surface area contributed by atoms with Crippen molar-refractivity contribution in [3.05, 3.63) is 94.5 Å². The van der Waals surface area contributed by atoms with Gasteiger partial charge in [-0.15, -0.1) is 5.10 Å². The number of ether oxygens (including phenoxy) is 2. The van der Waals surface area contributed by atoms with Crippen molar-refractivity contribution < 1.29 is 14.3 Å². The minimum absolute atomic E-state index is 0.201. The quantitative estimate of drug-likeness (QED) is 0.597. The molecule has 3 aromatic rings. The number of nitrogens with zero attached hydrogens (tertiary/aromatic N) is 3. The van der Waals surface area contributed by atoms with Gasteiger partial charge in [0.15, 0.2) is 22.8 Å². The summed E-state index contributed by atoms with van der Waals surface area (Å²) >= 11 is 1.48. The second-order valence-electron chi connectivity index (χ2n) is 7.66. The number of hydrogen-bond acceptors (Lipinski definition) is 7. The Morgan fingerprint density at radius 2 is 1.82 bits per heavy atom. The number of fused-ring (bicyclic) bond motifs is 2. The normalized spacial score (nSPS) is 16.6. The molecule has 0 spiro atoms. The summed E-state index contributed by atoms with van der Waals surface area (Å²) in [6, 6.07) is 23.2. The fraction of sp³-hybridized carbons (Fsp3) is 0.192. The summed E-state index contributed by atoms with van der Waals surface area (Å²) in [6.45, 7) is 2.39. The molecule has 1 N–H and O–H groups in total. The maximum atomic E-state index is 13.2. The fourth-order valence-corrected chi connectivity index (χ4v) is 4.60. The predicted octanol–water partition coefficient (Wildman–Crippen LogP) is 3.17. The molecule has 0 bridgehead atoms. The molecule has 1 atom stereocenters. The lowest BCUT2D eigenvalue weighted by atomic mass is 10.1. The first-order valence-electron chi connectivity index (χ1n) is 11.0. The lowest BCUT2D eigenvalue weighted by Gasteiger charge is -2.34. The highest BCUT2D eigenvalue weighted by atomic mass is 32.2. The molecule has 0 aromatic heterocycles. The number of methoxy groups -OCH3 is 1. The molecule has 0 unspecified atom stereocenters. The first-order chi connectivity index (χ1) is 16.7. The second-order valence-corrected chi connectivity index (χ2v) is 8.91. The molecule has 2 heterocycles. The molecule has 0 radical (unpaired) electrons. The van der Waals surface area contributed by atoms with Crippen LogP contribution in [-0.2, 0) is 11.4 Å². The van der Waals surface area contributed by atoms with Gasteiger partial charge < -0.3 is 9.47 Å². The van der Waals surface area contributed by atoms with Crippen LogP contribution in [0.3, 0.4) is 0 Å². The number of hydrazone groups is 1. The Bertz CT molecular complexity index is 1370. The minimum Gasteiger partial charge on any atom is -0.493 e. The van der Waals surface area contributed by atoms with E-state index in [2.05, 4.69) is 5.32 Å². The van der Waals surface area contributed by atoms with E-state index in [0.717, 1.165) is 27.5 Å². The summed E-state index contributed by atoms with van der Waals surface area (Å²) in [5.74, 6) is 1.75. The topological polar surface area (TPSA) is 75.5 Å². The van der Waals surface area contributed by atoms with Crippen LogP contribution in [0.2, 0.25) is 0 Å². The molecule has 3 aromatic carbocycles. The van der Waals surface area contributed by atoms with Crippen LogP contribution >= 0.6 is 11.8 Å². The Hall–Kier alpha value is -3.78. The molecule has 8 heteroatoms. The summed E-state index contributed by atoms with van der Waals surface area (Å²) in [7, 11) is 1.61. The van der Waals surface area contributed by atoms with Gasteiger partial charge in [-0.1, -0.05) is 79.3 Å². The van der Waals surface area contributed by atoms with Gasteiger partial charge in [0.1, 0.15) is 12.3 Å². The molecule has 172 valence electrons. The minimum atomic E-state index is -0.593. The monoisotopic (exact) mass is 472 g/mol. The lowest BCUT2D eigenvalue weighted by Crippen LogP contribution is -2.50. The predicted molar refractivity (Wildman–Crippen MR) is 133 cm³/mol. The molecule has 7 nitrogen and oxygen atoms in total. The maximum absolute atomic E-state index is 13.2. The number of amidine groups is 1. The summed E-state index contributed by atoms with van der Waals surface area (Å²) in [5.41, 5.74) is 2.27. The van der Waals surface area contributed by atoms with E-state index in [1.54, 1.807) is 12.1 Å². The van der Waals surface area contributed by atoms with Crippen LogP contribution in [0.1, 0.15) is 24.2 Å². The van der Waals surface area contributed by atoms with Gasteiger partial charge in [-0.3, -0.25) is 15.1 Å². The zero-order valence-corrected chi connectivity index (χ0v) is 19.7. The number of amides is 1. The van der Waals surface area contributed by atoms with Crippen molar-refractivity contribution >= 4 is 28.5 Å². The van der Waals surface area contributed by atoms with Gasteiger partial charge in [0, 0.05) is 10.8 Å². The van der Waals surface area contributed by atoms with E-state index in [0.29, 0.717) is 29.0 Å². The molecule has 0 saturated heterocycles. The average Bonchev–Trinajstić information content (AvgIpc) is 2.87. The Kier molecular flexibility index (Phi) is 6.22. The summed E-state index contributed by atoms with van der Waals surface area (Å²) < 4.78 is 11.9. The maximum Gasteiger partial charge on any atom is 0.276 e. The third-order valence-corrected chi connectivity index (χ3v) is 6.28. The highest BCUT2D eigenvalue weighted by Crippen LogP contribution is 2.40. The molecule has 5 rings (SSSR count). The standard InChI is InChI=1S/C26H24N4O3S/c1-3-34-26-28-25(31)22-18-12-7-8-14-20(18)27-24(30(22)29-26)19-13-9-15-21(32-2)23(19)33-16-17-10-5-4-6-11-17/h4-15,24H,3,16H2,1-2H3,(H,28,29,31)/t24-/m0/s1. The first kappa shape index (κ1) is 22.0. The third-order valence-electron chi connectivity index (χ3n) is 5.53. The summed E-state index contributed by atoms with van der Waals surface area (Å²) in [4.78, 5) is 18.2. The zero-order valence-electron chi connectivity index (χ0n) is 18.9. The number of carbonyl (C=O) groups excluding carboxylic acids is 1. The Morgan fingerprint density at radius 1 is 1.03 bits per heavy atom. The van der Waals surface area contributed by atoms with E-state index in [4.69, 9.17) is 19.6 Å². The van der Waals surface area contributed by atoms with Crippen molar-refractivity contribution in [2.75, 3.05) is 12.9 Å². The van der Waals surface area contributed by atoms with Crippen LogP contribution in [0.5, 0.6) is 11.5 Å². The van der Waals surface area contributed by atoms with Gasteiger partial charge in [0.05, 0.1) is 12.5 Å². The van der Waals surface area contributed by atoms with E-state index >= 15 is 0 Å². The number of nitrogens with one attached hydrogen (secondary N) is 1. The Labute approximate surface area is 201 Å². The Balaban J connectivity index is 1.65. The lowest BCUT2D eigenvalue weighted by molar-refractivity contribution is -0.116. The summed E-state index contributed by atoms with van der Waals surface area (Å²) in [6.07, 6.45) is -0.593. The smallest absolute Gasteiger partial charge is 0.276 e. The molecular formula is C26H24N4O3S. The molecule has 0 fully saturated rings. The van der Waals surface area contributed by atoms with Crippen molar-refractivity contribution in [1.29, 1.82) is 0 Å². The van der Waals surface area contributed by atoms with Gasteiger partial charge >= 0.3 is 0 Å². The first-order valence-corrected chi connectivity index (χ1v) is 12.0. The van der Waals surface area contributed by atoms with Crippen molar-refractivity contribution in [2.24, 2.45) is 10.1 Å². The van der Waals surface area contributed by atoms with Crippen LogP contribution in [-0.4, -0.2) is 28.9 Å². The molecule has 2 aliphatic rings. The van der Waals surface area contributed by atoms with Crippen LogP contribution in [0, 0.1) is 0 Å². The van der Waals surface area contributed by atoms with E-state index < -0.39 is 6.17 Å². The molecule has 0 saturated carbocycles. The molecule has 2 aliphatic heterocycles. The number of hydrogen-bond donors (Lipinski definition) is 1. The van der Waals surface area contributed by atoms with Crippen LogP contribution in [0.15, 0.2) is 82.9 Å². The third kappa shape index (κ3) is 4.12. The number of benzene rings is 3. The van der Waals surface area contributed by atoms with Crippen molar-refractivity contribution in [3.63, 3.8) is 0 Å². The SMILES string of the molecule is CCSC1=NN2C(=c3ccccc3=N[C@@H]2c2cccc(OC)c2OCc2ccccc2)C(=O)N1. The van der Waals surface area contributed by atoms with E-state index in [-0.39, 0.29) is 5.91 Å². The molecule has 1 amide bonds. The second kappa shape index (κ2) is 9.61. The molecular weight excluding hydrogens is 448 g/mol. The number of carbonyl (C=O) groups is 1. The van der Waals surface area contributed by atoms with Crippen LogP contribution in [0.25, 0.3) is 5.70 Å². The highest BCUT2D eigenvalue weighted by Gasteiger charge is 2.36. The zero-order chi connectivity index (χ0) is 23.5. The van der Waals surface area contributed by atoms with Gasteiger partial charge in [-0.2, -0.15) is 0 Å². The highest BCUT2D eigenvalue weighted by molar-refractivity contribution is 8.13. The van der Waals surface area contributed by atoms with Crippen LogP contribution < -0.4 is 25.4 Å². The van der Waals surface area contributed by atoms with Crippen LogP contribution in [0.4, 0.5) is 0 Å². The molecule has 0 aliphatic carbocycles. The molecule has 34 heavy (non-hydrogen) atoms. The van der Waals surface area contributed by atoms with Gasteiger partial charge in [0.25, 0.3) is 5.91 Å². The van der Waals surface area contributed by atoms with Crippen molar-refractivity contribution in [2.45, 2.75) is 19.7 Å². The van der Waals surface area contributed by atoms with E-state index in [9.17, 15) is 4.79 Å². The van der Waals surface area contributed by atoms with Gasteiger partial charge in [-0.05, 0) is 23.4 Å². The number of rotatable bonds is 6. The largest absolute Gasteiger partial charge is 0.493 e. The van der Waals surface area contributed by atoms with Crippen molar-refractivity contribution in [3.8, 4) is 11.5 Å². The number of para-hydroxylation sites is 2.